The molecule has 0 amide bonds. The van der Waals surface area contributed by atoms with Crippen molar-refractivity contribution >= 4 is 32.8 Å². The molecule has 9 rings (SSSR count). The van der Waals surface area contributed by atoms with Crippen LogP contribution in [0.2, 0.25) is 0 Å². The lowest BCUT2D eigenvalue weighted by Crippen LogP contribution is -2.30. The second-order valence-corrected chi connectivity index (χ2v) is 18.0. The highest BCUT2D eigenvalue weighted by atomic mass is 16.5. The van der Waals surface area contributed by atoms with Crippen LogP contribution >= 0.6 is 0 Å². The van der Waals surface area contributed by atoms with Crippen LogP contribution in [0.4, 0.5) is 0 Å². The average Bonchev–Trinajstić information content (AvgIpc) is 3.84. The molecule has 6 nitrogen and oxygen atoms in total. The lowest BCUT2D eigenvalue weighted by atomic mass is 9.84. The average molecular weight is 808 g/mol. The predicted molar refractivity (Wildman–Crippen MR) is 250 cm³/mol. The van der Waals surface area contributed by atoms with Crippen LogP contribution in [-0.4, -0.2) is 19.1 Å². The summed E-state index contributed by atoms with van der Waals surface area (Å²) in [7, 11) is 0. The minimum absolute atomic E-state index is 0.247. The van der Waals surface area contributed by atoms with Gasteiger partial charge in [-0.2, -0.15) is 0 Å². The van der Waals surface area contributed by atoms with Crippen molar-refractivity contribution in [3.63, 3.8) is 0 Å². The van der Waals surface area contributed by atoms with Gasteiger partial charge in [0.2, 0.25) is 0 Å². The molecule has 4 aromatic heterocycles. The molecule has 0 atom stereocenters. The number of fused-ring (bicyclic) bond motifs is 4. The summed E-state index contributed by atoms with van der Waals surface area (Å²) in [5.74, 6) is 1.99. The molecule has 306 valence electrons. The third-order valence-electron chi connectivity index (χ3n) is 10.2. The zero-order valence-corrected chi connectivity index (χ0v) is 36.1. The van der Waals surface area contributed by atoms with Gasteiger partial charge < -0.3 is 4.74 Å². The van der Waals surface area contributed by atoms with E-state index in [9.17, 15) is 5.48 Å². The maximum atomic E-state index is 9.24. The Morgan fingerprint density at radius 2 is 1.30 bits per heavy atom. The summed E-state index contributed by atoms with van der Waals surface area (Å²) in [5, 5.41) is 2.02. The van der Waals surface area contributed by atoms with Crippen LogP contribution in [0, 0.1) is 23.1 Å². The summed E-state index contributed by atoms with van der Waals surface area (Å²) in [6.45, 7) is 14.9. The number of hydrogen-bond acceptors (Lipinski definition) is 3. The maximum Gasteiger partial charge on any atom is 0.271 e. The molecule has 0 fully saturated rings. The van der Waals surface area contributed by atoms with Crippen molar-refractivity contribution in [3.8, 4) is 39.9 Å². The van der Waals surface area contributed by atoms with Crippen LogP contribution in [0.3, 0.4) is 0 Å². The Balaban J connectivity index is 1.15. The van der Waals surface area contributed by atoms with Gasteiger partial charge in [-0.05, 0) is 107 Å². The molecule has 61 heavy (non-hydrogen) atoms. The molecule has 0 aliphatic rings. The molecule has 5 aromatic carbocycles. The van der Waals surface area contributed by atoms with Crippen molar-refractivity contribution < 1.29 is 17.5 Å². The molecule has 6 heteroatoms. The van der Waals surface area contributed by atoms with Gasteiger partial charge in [-0.25, -0.2) is 4.98 Å². The molecule has 0 bridgehead atoms. The number of hydrogen-bond donors (Lipinski definition) is 0. The van der Waals surface area contributed by atoms with Crippen molar-refractivity contribution in [2.45, 2.75) is 74.5 Å². The van der Waals surface area contributed by atoms with E-state index in [1.54, 1.807) is 42.7 Å². The second kappa shape index (κ2) is 15.8. The van der Waals surface area contributed by atoms with Gasteiger partial charge in [0, 0.05) is 43.5 Å². The summed E-state index contributed by atoms with van der Waals surface area (Å²) in [5.41, 5.74) is 5.89. The maximum absolute atomic E-state index is 9.24. The molecule has 0 unspecified atom stereocenters. The largest absolute Gasteiger partial charge is 0.458 e. The summed E-state index contributed by atoms with van der Waals surface area (Å²) in [6, 6.07) is 43.0. The standard InChI is InChI=1S/C55H55N5O/c1-37(2)26-38-22-24-57-53(30-38)60-48-21-18-42(41-14-10-9-11-15-41)31-47(48)46-20-19-44(32-51(46)60)61-45-23-25-56-52(33-45)59-36-58(49-16-12-13-17-50(49)59)43-28-39(34-54(3,4)5)27-40(29-43)35-55(6,7)8/h9-25,27-33,37H,26,34-35H2,1-8H3/i26D2,34D2,35D2. The third-order valence-corrected chi connectivity index (χ3v) is 10.2. The van der Waals surface area contributed by atoms with Crippen molar-refractivity contribution in [2.75, 3.05) is 0 Å². The normalized spacial score (nSPS) is 14.4. The highest BCUT2D eigenvalue weighted by Crippen LogP contribution is 2.38. The number of nitrogens with zero attached hydrogens (tertiary/aromatic N) is 5. The van der Waals surface area contributed by atoms with Crippen molar-refractivity contribution in [2.24, 2.45) is 16.7 Å². The minimum Gasteiger partial charge on any atom is -0.458 e. The van der Waals surface area contributed by atoms with Gasteiger partial charge in [0.05, 0.1) is 27.8 Å². The number of para-hydroxylation sites is 2. The number of imidazole rings is 1. The molecule has 0 saturated carbocycles. The summed E-state index contributed by atoms with van der Waals surface area (Å²) >= 11 is 0. The first kappa shape index (κ1) is 33.2. The Morgan fingerprint density at radius 1 is 0.607 bits per heavy atom. The lowest BCUT2D eigenvalue weighted by Gasteiger charge is -2.22. The number of pyridine rings is 2. The van der Waals surface area contributed by atoms with E-state index in [4.69, 9.17) is 17.4 Å². The SMILES string of the molecule is [2H]C([2H])(c1ccnc(-n2c3ccc(-c4ccccc4)cc3c3ccc(Oc4ccnc(-n5[c-][n+](-c6cc(C([2H])([2H])C(C)(C)C)cc(C([2H])([2H])C(C)(C)C)c6)c6ccccc65)c4)cc32)c1)C(C)C. The van der Waals surface area contributed by atoms with Gasteiger partial charge in [0.25, 0.3) is 6.33 Å². The van der Waals surface area contributed by atoms with Crippen LogP contribution in [0.25, 0.3) is 61.3 Å². The molecule has 0 aliphatic heterocycles. The Labute approximate surface area is 368 Å². The Bertz CT molecular complexity index is 3280. The fourth-order valence-electron chi connectivity index (χ4n) is 7.98. The van der Waals surface area contributed by atoms with Crippen LogP contribution in [0.1, 0.15) is 80.3 Å². The Hall–Kier alpha value is -6.53. The van der Waals surface area contributed by atoms with E-state index in [2.05, 4.69) is 47.3 Å². The highest BCUT2D eigenvalue weighted by molar-refractivity contribution is 6.10. The highest BCUT2D eigenvalue weighted by Gasteiger charge is 2.20. The topological polar surface area (TPSA) is 48.8 Å². The smallest absolute Gasteiger partial charge is 0.271 e. The lowest BCUT2D eigenvalue weighted by molar-refractivity contribution is -0.572. The zero-order chi connectivity index (χ0) is 47.8. The van der Waals surface area contributed by atoms with Gasteiger partial charge in [-0.3, -0.25) is 18.7 Å². The van der Waals surface area contributed by atoms with Gasteiger partial charge in [0.15, 0.2) is 5.82 Å². The third kappa shape index (κ3) is 8.58. The molecule has 4 heterocycles. The number of aromatic nitrogens is 5. The number of rotatable bonds is 10. The van der Waals surface area contributed by atoms with Gasteiger partial charge in [-0.15, -0.1) is 0 Å². The van der Waals surface area contributed by atoms with E-state index in [1.807, 2.05) is 131 Å². The Morgan fingerprint density at radius 3 is 2.03 bits per heavy atom. The minimum atomic E-state index is -1.79. The number of ether oxygens (including phenoxy) is 1. The summed E-state index contributed by atoms with van der Waals surface area (Å²) < 4.78 is 67.2. The molecular weight excluding hydrogens is 747 g/mol. The second-order valence-electron chi connectivity index (χ2n) is 18.0. The van der Waals surface area contributed by atoms with Crippen LogP contribution in [0.5, 0.6) is 11.5 Å². The van der Waals surface area contributed by atoms with E-state index in [-0.39, 0.29) is 5.92 Å². The quantitative estimate of drug-likeness (QED) is 0.102. The van der Waals surface area contributed by atoms with Crippen LogP contribution < -0.4 is 9.30 Å². The van der Waals surface area contributed by atoms with Crippen molar-refractivity contribution in [1.29, 1.82) is 0 Å². The molecule has 0 aliphatic carbocycles. The first-order valence-corrected chi connectivity index (χ1v) is 20.9. The zero-order valence-electron chi connectivity index (χ0n) is 42.1. The van der Waals surface area contributed by atoms with E-state index in [1.165, 1.54) is 0 Å². The van der Waals surface area contributed by atoms with Gasteiger partial charge in [0.1, 0.15) is 17.3 Å². The fraction of sp³-hybridized carbons (Fsp3) is 0.255. The first-order chi connectivity index (χ1) is 31.6. The van der Waals surface area contributed by atoms with E-state index < -0.39 is 29.9 Å². The van der Waals surface area contributed by atoms with E-state index in [0.29, 0.717) is 45.5 Å². The summed E-state index contributed by atoms with van der Waals surface area (Å²) in [6.07, 6.45) is 1.70. The molecular formula is C55H55N5O. The molecule has 0 radical (unpaired) electrons. The molecule has 0 saturated heterocycles. The van der Waals surface area contributed by atoms with E-state index >= 15 is 0 Å². The molecule has 0 spiro atoms. The predicted octanol–water partition coefficient (Wildman–Crippen LogP) is 13.4. The fourth-order valence-corrected chi connectivity index (χ4v) is 7.98. The first-order valence-electron chi connectivity index (χ1n) is 23.9. The van der Waals surface area contributed by atoms with Crippen LogP contribution in [-0.2, 0) is 19.1 Å². The number of benzene rings is 5. The molecule has 9 aromatic rings. The van der Waals surface area contributed by atoms with Crippen LogP contribution in [0.15, 0.2) is 146 Å². The van der Waals surface area contributed by atoms with E-state index in [0.717, 1.165) is 44.0 Å². The van der Waals surface area contributed by atoms with Crippen molar-refractivity contribution in [1.82, 2.24) is 19.1 Å². The monoisotopic (exact) mass is 807 g/mol. The van der Waals surface area contributed by atoms with Crippen molar-refractivity contribution in [3.05, 3.63) is 169 Å². The van der Waals surface area contributed by atoms with Gasteiger partial charge in [-0.1, -0.05) is 133 Å². The van der Waals surface area contributed by atoms with Gasteiger partial charge >= 0.3 is 0 Å². The Kier molecular flexibility index (Phi) is 8.61. The molecule has 0 N–H and O–H groups in total. The summed E-state index contributed by atoms with van der Waals surface area (Å²) in [4.78, 5) is 9.57.